The van der Waals surface area contributed by atoms with Crippen LogP contribution < -0.4 is 0 Å². The Labute approximate surface area is 69.1 Å². The van der Waals surface area contributed by atoms with Gasteiger partial charge in [0.15, 0.2) is 0 Å². The summed E-state index contributed by atoms with van der Waals surface area (Å²) in [5.74, 6) is 0.341. The highest BCUT2D eigenvalue weighted by Crippen LogP contribution is 2.22. The van der Waals surface area contributed by atoms with Crippen LogP contribution in [0.5, 0.6) is 0 Å². The van der Waals surface area contributed by atoms with Crippen molar-refractivity contribution in [3.63, 3.8) is 0 Å². The normalized spacial score (nSPS) is 8.57. The molecule has 0 saturated carbocycles. The van der Waals surface area contributed by atoms with Crippen LogP contribution in [0.25, 0.3) is 0 Å². The third kappa shape index (κ3) is 3.83. The van der Waals surface area contributed by atoms with E-state index >= 15 is 0 Å². The van der Waals surface area contributed by atoms with Crippen LogP contribution in [0, 0.1) is 0 Å². The number of rotatable bonds is 1. The second-order valence-electron chi connectivity index (χ2n) is 0.799. The van der Waals surface area contributed by atoms with Gasteiger partial charge in [0, 0.05) is 0 Å². The van der Waals surface area contributed by atoms with E-state index in [9.17, 15) is 0 Å². The Morgan fingerprint density at radius 3 is 1.86 bits per heavy atom. The molecule has 7 heavy (non-hydrogen) atoms. The monoisotopic (exact) mass is 266 g/mol. The second kappa shape index (κ2) is 4.19. The number of allylic oxidation sites excluding steroid dienone is 1. The summed E-state index contributed by atoms with van der Waals surface area (Å²) in [6, 6.07) is 0. The van der Waals surface area contributed by atoms with E-state index in [2.05, 4.69) is 31.9 Å². The first-order valence-electron chi connectivity index (χ1n) is 1.44. The molecule has 42 valence electrons. The van der Waals surface area contributed by atoms with Crippen LogP contribution in [-0.4, -0.2) is 5.88 Å². The van der Waals surface area contributed by atoms with E-state index in [1.54, 1.807) is 0 Å². The highest BCUT2D eigenvalue weighted by Gasteiger charge is 1.91. The maximum Gasteiger partial charge on any atom is 0.0761 e. The van der Waals surface area contributed by atoms with E-state index in [1.807, 2.05) is 0 Å². The molecule has 0 nitrogen and oxygen atoms in total. The number of hydrogen-bond donors (Lipinski definition) is 0. The summed E-state index contributed by atoms with van der Waals surface area (Å²) in [5, 5.41) is 0.585. The lowest BCUT2D eigenvalue weighted by Gasteiger charge is -1.86. The Morgan fingerprint density at radius 1 is 1.43 bits per heavy atom. The molecular weight excluding hydrogens is 267 g/mol. The third-order valence-electron chi connectivity index (χ3n) is 0.322. The van der Waals surface area contributed by atoms with Crippen molar-refractivity contribution in [2.24, 2.45) is 0 Å². The van der Waals surface area contributed by atoms with Gasteiger partial charge in [-0.3, -0.25) is 0 Å². The van der Waals surface area contributed by atoms with Gasteiger partial charge in [-0.1, -0.05) is 11.6 Å². The molecule has 0 aliphatic rings. The third-order valence-corrected chi connectivity index (χ3v) is 2.46. The fourth-order valence-corrected chi connectivity index (χ4v) is 0.787. The predicted octanol–water partition coefficient (Wildman–Crippen LogP) is 3.42. The van der Waals surface area contributed by atoms with E-state index in [4.69, 9.17) is 23.2 Å². The first-order valence-corrected chi connectivity index (χ1v) is 3.94. The smallest absolute Gasteiger partial charge is 0.0761 e. The number of halogens is 4. The number of alkyl halides is 1. The molecule has 0 rings (SSSR count). The maximum absolute atomic E-state index is 5.45. The molecule has 0 aromatic carbocycles. The summed E-state index contributed by atoms with van der Waals surface area (Å²) < 4.78 is 0.719. The van der Waals surface area contributed by atoms with Crippen molar-refractivity contribution in [3.8, 4) is 0 Å². The van der Waals surface area contributed by atoms with Crippen molar-refractivity contribution in [2.75, 3.05) is 5.88 Å². The highest BCUT2D eigenvalue weighted by atomic mass is 79.9. The highest BCUT2D eigenvalue weighted by molar-refractivity contribution is 9.28. The van der Waals surface area contributed by atoms with Gasteiger partial charge in [-0.25, -0.2) is 0 Å². The van der Waals surface area contributed by atoms with Crippen molar-refractivity contribution in [3.05, 3.63) is 8.42 Å². The summed E-state index contributed by atoms with van der Waals surface area (Å²) >= 11 is 16.9. The van der Waals surface area contributed by atoms with Crippen molar-refractivity contribution in [1.29, 1.82) is 0 Å². The Kier molecular flexibility index (Phi) is 4.95. The van der Waals surface area contributed by atoms with E-state index in [0.717, 1.165) is 3.39 Å². The van der Waals surface area contributed by atoms with Crippen LogP contribution in [0.2, 0.25) is 0 Å². The molecule has 0 saturated heterocycles. The van der Waals surface area contributed by atoms with Gasteiger partial charge in [-0.15, -0.1) is 11.6 Å². The molecule has 0 amide bonds. The molecule has 4 heteroatoms. The molecule has 0 bridgehead atoms. The Morgan fingerprint density at radius 2 is 1.86 bits per heavy atom. The SMILES string of the molecule is ClCC(Cl)=C(Br)Br. The van der Waals surface area contributed by atoms with E-state index in [0.29, 0.717) is 10.9 Å². The van der Waals surface area contributed by atoms with Crippen molar-refractivity contribution >= 4 is 55.1 Å². The van der Waals surface area contributed by atoms with E-state index < -0.39 is 0 Å². The van der Waals surface area contributed by atoms with Gasteiger partial charge in [-0.05, 0) is 31.9 Å². The molecule has 0 aromatic heterocycles. The summed E-state index contributed by atoms with van der Waals surface area (Å²) in [5.41, 5.74) is 0. The minimum Gasteiger partial charge on any atom is -0.121 e. The topological polar surface area (TPSA) is 0 Å². The predicted molar refractivity (Wildman–Crippen MR) is 41.5 cm³/mol. The average molecular weight is 269 g/mol. The first-order chi connectivity index (χ1) is 3.18. The van der Waals surface area contributed by atoms with Gasteiger partial charge in [0.2, 0.25) is 0 Å². The van der Waals surface area contributed by atoms with Gasteiger partial charge < -0.3 is 0 Å². The van der Waals surface area contributed by atoms with Gasteiger partial charge in [0.1, 0.15) is 0 Å². The molecular formula is C3H2Br2Cl2. The Hall–Kier alpha value is 1.28. The lowest BCUT2D eigenvalue weighted by molar-refractivity contribution is 1.71. The Bertz CT molecular complexity index is 84.9. The zero-order chi connectivity index (χ0) is 5.86. The average Bonchev–Trinajstić information content (AvgIpc) is 1.65. The zero-order valence-electron chi connectivity index (χ0n) is 3.22. The summed E-state index contributed by atoms with van der Waals surface area (Å²) in [7, 11) is 0. The van der Waals surface area contributed by atoms with Gasteiger partial charge in [0.25, 0.3) is 0 Å². The lowest BCUT2D eigenvalue weighted by Crippen LogP contribution is -1.68. The maximum atomic E-state index is 5.45. The molecule has 0 heterocycles. The lowest BCUT2D eigenvalue weighted by atomic mass is 10.7. The molecule has 0 spiro atoms. The van der Waals surface area contributed by atoms with Crippen LogP contribution in [0.4, 0.5) is 0 Å². The van der Waals surface area contributed by atoms with Gasteiger partial charge in [-0.2, -0.15) is 0 Å². The van der Waals surface area contributed by atoms with Crippen molar-refractivity contribution in [2.45, 2.75) is 0 Å². The largest absolute Gasteiger partial charge is 0.121 e. The van der Waals surface area contributed by atoms with Gasteiger partial charge >= 0.3 is 0 Å². The summed E-state index contributed by atoms with van der Waals surface area (Å²) in [6.07, 6.45) is 0. The van der Waals surface area contributed by atoms with Crippen LogP contribution in [-0.2, 0) is 0 Å². The zero-order valence-corrected chi connectivity index (χ0v) is 7.90. The molecule has 0 aliphatic heterocycles. The van der Waals surface area contributed by atoms with Crippen LogP contribution in [0.15, 0.2) is 8.42 Å². The van der Waals surface area contributed by atoms with E-state index in [-0.39, 0.29) is 0 Å². The van der Waals surface area contributed by atoms with Crippen LogP contribution in [0.3, 0.4) is 0 Å². The molecule has 0 aliphatic carbocycles. The summed E-state index contributed by atoms with van der Waals surface area (Å²) in [6.45, 7) is 0. The fraction of sp³-hybridized carbons (Fsp3) is 0.333. The standard InChI is InChI=1S/C3H2Br2Cl2/c4-3(5)2(7)1-6/h1H2. The molecule has 0 N–H and O–H groups in total. The first kappa shape index (κ1) is 8.28. The van der Waals surface area contributed by atoms with Crippen molar-refractivity contribution in [1.82, 2.24) is 0 Å². The minimum atomic E-state index is 0.341. The Balaban J connectivity index is 3.72. The fourth-order valence-electron chi connectivity index (χ4n) is 0.0505. The molecule has 0 aromatic rings. The summed E-state index contributed by atoms with van der Waals surface area (Å²) in [4.78, 5) is 0. The minimum absolute atomic E-state index is 0.341. The molecule has 0 radical (unpaired) electrons. The quantitative estimate of drug-likeness (QED) is 0.639. The van der Waals surface area contributed by atoms with Crippen molar-refractivity contribution < 1.29 is 0 Å². The molecule has 0 fully saturated rings. The van der Waals surface area contributed by atoms with Crippen LogP contribution in [0.1, 0.15) is 0 Å². The van der Waals surface area contributed by atoms with E-state index in [1.165, 1.54) is 0 Å². The number of hydrogen-bond acceptors (Lipinski definition) is 0. The second-order valence-corrected chi connectivity index (χ2v) is 4.17. The van der Waals surface area contributed by atoms with Gasteiger partial charge in [0.05, 0.1) is 14.3 Å². The molecule has 0 atom stereocenters. The molecule has 0 unspecified atom stereocenters. The van der Waals surface area contributed by atoms with Crippen LogP contribution >= 0.6 is 55.1 Å².